The molecule has 26 heavy (non-hydrogen) atoms. The summed E-state index contributed by atoms with van der Waals surface area (Å²) in [5.74, 6) is 0.825. The van der Waals surface area contributed by atoms with Crippen molar-refractivity contribution < 1.29 is 18.9 Å². The van der Waals surface area contributed by atoms with Gasteiger partial charge in [0, 0.05) is 11.8 Å². The largest absolute Gasteiger partial charge is 0.457 e. The number of ether oxygens (including phenoxy) is 1. The Labute approximate surface area is 148 Å². The predicted molar refractivity (Wildman–Crippen MR) is 96.0 cm³/mol. The van der Waals surface area contributed by atoms with Crippen molar-refractivity contribution in [2.75, 3.05) is 5.32 Å². The molecule has 0 aliphatic carbocycles. The van der Waals surface area contributed by atoms with Crippen molar-refractivity contribution in [1.82, 2.24) is 0 Å². The normalized spacial score (nSPS) is 10.6. The maximum atomic E-state index is 11.9. The van der Waals surface area contributed by atoms with Crippen LogP contribution in [0.3, 0.4) is 0 Å². The van der Waals surface area contributed by atoms with Crippen LogP contribution in [0.4, 0.5) is 11.6 Å². The second-order valence-corrected chi connectivity index (χ2v) is 5.20. The van der Waals surface area contributed by atoms with Gasteiger partial charge in [-0.15, -0.1) is 0 Å². The standard InChI is InChI=1S/C19H14N2O5/c22-18(12-10-17-11-13-19(26-17)21(23)24)20-14-6-8-16(9-7-14)25-15-4-2-1-3-5-15/h1-13H,(H,20,22)/b12-10+. The molecule has 7 heteroatoms. The Hall–Kier alpha value is -3.87. The molecule has 0 saturated carbocycles. The van der Waals surface area contributed by atoms with Gasteiger partial charge in [-0.1, -0.05) is 18.2 Å². The quantitative estimate of drug-likeness (QED) is 0.397. The van der Waals surface area contributed by atoms with E-state index in [2.05, 4.69) is 5.32 Å². The third-order valence-corrected chi connectivity index (χ3v) is 3.29. The number of carbonyl (C=O) groups is 1. The van der Waals surface area contributed by atoms with Gasteiger partial charge >= 0.3 is 5.88 Å². The monoisotopic (exact) mass is 350 g/mol. The first-order chi connectivity index (χ1) is 12.6. The Balaban J connectivity index is 1.57. The van der Waals surface area contributed by atoms with Crippen LogP contribution in [-0.4, -0.2) is 10.8 Å². The lowest BCUT2D eigenvalue weighted by molar-refractivity contribution is -0.402. The van der Waals surface area contributed by atoms with Crippen molar-refractivity contribution in [2.24, 2.45) is 0 Å². The van der Waals surface area contributed by atoms with Crippen LogP contribution in [0.2, 0.25) is 0 Å². The van der Waals surface area contributed by atoms with Crippen LogP contribution in [0.1, 0.15) is 5.76 Å². The molecule has 1 aromatic heterocycles. The van der Waals surface area contributed by atoms with E-state index in [-0.39, 0.29) is 17.6 Å². The second-order valence-electron chi connectivity index (χ2n) is 5.20. The van der Waals surface area contributed by atoms with Gasteiger partial charge in [0.2, 0.25) is 5.91 Å². The fourth-order valence-corrected chi connectivity index (χ4v) is 2.10. The lowest BCUT2D eigenvalue weighted by Gasteiger charge is -2.07. The average molecular weight is 350 g/mol. The van der Waals surface area contributed by atoms with Gasteiger partial charge in [0.1, 0.15) is 22.2 Å². The summed E-state index contributed by atoms with van der Waals surface area (Å²) in [6.45, 7) is 0. The maximum Gasteiger partial charge on any atom is 0.433 e. The topological polar surface area (TPSA) is 94.6 Å². The lowest BCUT2D eigenvalue weighted by Crippen LogP contribution is -2.07. The molecule has 0 radical (unpaired) electrons. The summed E-state index contributed by atoms with van der Waals surface area (Å²) in [7, 11) is 0. The first-order valence-corrected chi connectivity index (χ1v) is 7.66. The number of para-hydroxylation sites is 1. The Bertz CT molecular complexity index is 930. The van der Waals surface area contributed by atoms with Crippen LogP contribution in [0.15, 0.2) is 77.2 Å². The molecular weight excluding hydrogens is 336 g/mol. The molecule has 130 valence electrons. The molecule has 2 aromatic carbocycles. The number of nitro groups is 1. The molecule has 0 aliphatic heterocycles. The first kappa shape index (κ1) is 17.0. The SMILES string of the molecule is O=C(/C=C/c1ccc([N+](=O)[O-])o1)Nc1ccc(Oc2ccccc2)cc1. The fourth-order valence-electron chi connectivity index (χ4n) is 2.10. The number of benzene rings is 2. The zero-order chi connectivity index (χ0) is 18.4. The number of amides is 1. The Kier molecular flexibility index (Phi) is 5.09. The molecule has 0 unspecified atom stereocenters. The van der Waals surface area contributed by atoms with E-state index < -0.39 is 4.92 Å². The van der Waals surface area contributed by atoms with E-state index in [1.165, 1.54) is 24.3 Å². The highest BCUT2D eigenvalue weighted by Gasteiger charge is 2.10. The zero-order valence-corrected chi connectivity index (χ0v) is 13.5. The van der Waals surface area contributed by atoms with Gasteiger partial charge in [-0.05, 0) is 48.5 Å². The Morgan fingerprint density at radius 1 is 1.00 bits per heavy atom. The summed E-state index contributed by atoms with van der Waals surface area (Å²) >= 11 is 0. The van der Waals surface area contributed by atoms with Gasteiger partial charge in [0.15, 0.2) is 0 Å². The number of furan rings is 1. The molecular formula is C19H14N2O5. The lowest BCUT2D eigenvalue weighted by atomic mass is 10.3. The minimum Gasteiger partial charge on any atom is -0.457 e. The molecule has 1 amide bonds. The molecule has 1 N–H and O–H groups in total. The predicted octanol–water partition coefficient (Wildman–Crippen LogP) is 4.63. The fraction of sp³-hybridized carbons (Fsp3) is 0. The van der Waals surface area contributed by atoms with Crippen molar-refractivity contribution in [2.45, 2.75) is 0 Å². The molecule has 3 rings (SSSR count). The molecule has 0 bridgehead atoms. The van der Waals surface area contributed by atoms with E-state index in [4.69, 9.17) is 9.15 Å². The number of nitrogens with one attached hydrogen (secondary N) is 1. The highest BCUT2D eigenvalue weighted by molar-refractivity contribution is 6.01. The van der Waals surface area contributed by atoms with Crippen molar-refractivity contribution in [3.63, 3.8) is 0 Å². The van der Waals surface area contributed by atoms with Crippen molar-refractivity contribution in [3.8, 4) is 11.5 Å². The molecule has 0 saturated heterocycles. The summed E-state index contributed by atoms with van der Waals surface area (Å²) in [4.78, 5) is 21.8. The Morgan fingerprint density at radius 3 is 2.35 bits per heavy atom. The molecule has 0 fully saturated rings. The number of rotatable bonds is 6. The summed E-state index contributed by atoms with van der Waals surface area (Å²) in [5, 5.41) is 13.2. The van der Waals surface area contributed by atoms with E-state index in [1.54, 1.807) is 24.3 Å². The van der Waals surface area contributed by atoms with Crippen molar-refractivity contribution >= 4 is 23.6 Å². The van der Waals surface area contributed by atoms with Crippen LogP contribution in [0.5, 0.6) is 11.5 Å². The molecule has 1 heterocycles. The average Bonchev–Trinajstić information content (AvgIpc) is 3.12. The van der Waals surface area contributed by atoms with Gasteiger partial charge in [-0.3, -0.25) is 14.9 Å². The van der Waals surface area contributed by atoms with Crippen LogP contribution in [0, 0.1) is 10.1 Å². The second kappa shape index (κ2) is 7.80. The Morgan fingerprint density at radius 2 is 1.69 bits per heavy atom. The van der Waals surface area contributed by atoms with Gasteiger partial charge in [-0.25, -0.2) is 0 Å². The van der Waals surface area contributed by atoms with Gasteiger partial charge in [0.25, 0.3) is 0 Å². The van der Waals surface area contributed by atoms with E-state index in [0.717, 1.165) is 5.75 Å². The van der Waals surface area contributed by atoms with Crippen LogP contribution in [0.25, 0.3) is 6.08 Å². The van der Waals surface area contributed by atoms with Crippen molar-refractivity contribution in [3.05, 3.63) is 88.7 Å². The summed E-state index contributed by atoms with van der Waals surface area (Å²) in [6.07, 6.45) is 2.59. The zero-order valence-electron chi connectivity index (χ0n) is 13.5. The number of anilines is 1. The minimum atomic E-state index is -0.642. The van der Waals surface area contributed by atoms with Crippen LogP contribution < -0.4 is 10.1 Å². The first-order valence-electron chi connectivity index (χ1n) is 7.66. The van der Waals surface area contributed by atoms with E-state index in [0.29, 0.717) is 11.4 Å². The molecule has 7 nitrogen and oxygen atoms in total. The molecule has 0 spiro atoms. The van der Waals surface area contributed by atoms with E-state index in [1.807, 2.05) is 30.3 Å². The number of carbonyl (C=O) groups excluding carboxylic acids is 1. The van der Waals surface area contributed by atoms with Crippen LogP contribution >= 0.6 is 0 Å². The highest BCUT2D eigenvalue weighted by Crippen LogP contribution is 2.22. The number of hydrogen-bond acceptors (Lipinski definition) is 5. The summed E-state index contributed by atoms with van der Waals surface area (Å²) in [6, 6.07) is 18.9. The van der Waals surface area contributed by atoms with Crippen molar-refractivity contribution in [1.29, 1.82) is 0 Å². The van der Waals surface area contributed by atoms with Gasteiger partial charge in [0.05, 0.1) is 6.07 Å². The molecule has 3 aromatic rings. The van der Waals surface area contributed by atoms with E-state index in [9.17, 15) is 14.9 Å². The van der Waals surface area contributed by atoms with Gasteiger partial charge < -0.3 is 14.5 Å². The number of hydrogen-bond donors (Lipinski definition) is 1. The summed E-state index contributed by atoms with van der Waals surface area (Å²) < 4.78 is 10.6. The maximum absolute atomic E-state index is 11.9. The third kappa shape index (κ3) is 4.57. The summed E-state index contributed by atoms with van der Waals surface area (Å²) in [5.41, 5.74) is 0.588. The highest BCUT2D eigenvalue weighted by atomic mass is 16.6. The molecule has 0 aliphatic rings. The third-order valence-electron chi connectivity index (χ3n) is 3.29. The number of nitrogens with zero attached hydrogens (tertiary/aromatic N) is 1. The van der Waals surface area contributed by atoms with Crippen LogP contribution in [-0.2, 0) is 4.79 Å². The molecule has 0 atom stereocenters. The smallest absolute Gasteiger partial charge is 0.433 e. The minimum absolute atomic E-state index is 0.221. The van der Waals surface area contributed by atoms with E-state index >= 15 is 0 Å². The van der Waals surface area contributed by atoms with Gasteiger partial charge in [-0.2, -0.15) is 0 Å².